The summed E-state index contributed by atoms with van der Waals surface area (Å²) in [5.74, 6) is -0.568. The van der Waals surface area contributed by atoms with Crippen molar-refractivity contribution in [3.8, 4) is 11.5 Å². The van der Waals surface area contributed by atoms with Crippen molar-refractivity contribution in [2.45, 2.75) is 6.61 Å². The topological polar surface area (TPSA) is 105 Å². The molecule has 0 atom stereocenters. The molecule has 3 rings (SSSR count). The van der Waals surface area contributed by atoms with Gasteiger partial charge in [-0.05, 0) is 57.4 Å². The Hall–Kier alpha value is -3.59. The van der Waals surface area contributed by atoms with Crippen LogP contribution in [-0.4, -0.2) is 41.6 Å². The molecule has 1 fully saturated rings. The van der Waals surface area contributed by atoms with Crippen molar-refractivity contribution in [3.63, 3.8) is 0 Å². The van der Waals surface area contributed by atoms with Crippen LogP contribution in [-0.2, 0) is 11.4 Å². The molecule has 0 radical (unpaired) electrons. The Morgan fingerprint density at radius 1 is 1.26 bits per heavy atom. The average Bonchev–Trinajstić information content (AvgIpc) is 3.00. The maximum Gasteiger partial charge on any atom is 0.335 e. The molecule has 3 amide bonds. The van der Waals surface area contributed by atoms with Gasteiger partial charge in [-0.3, -0.25) is 9.69 Å². The van der Waals surface area contributed by atoms with Crippen molar-refractivity contribution in [1.82, 2.24) is 10.2 Å². The van der Waals surface area contributed by atoms with Crippen molar-refractivity contribution in [2.24, 2.45) is 0 Å². The number of imide groups is 1. The summed E-state index contributed by atoms with van der Waals surface area (Å²) < 4.78 is 11.9. The summed E-state index contributed by atoms with van der Waals surface area (Å²) in [5.41, 5.74) is 1.74. The number of hydrogen-bond acceptors (Lipinski definition) is 5. The van der Waals surface area contributed by atoms with Crippen LogP contribution in [0.2, 0.25) is 0 Å². The van der Waals surface area contributed by atoms with Crippen molar-refractivity contribution >= 4 is 39.9 Å². The minimum Gasteiger partial charge on any atom is -0.493 e. The number of halogens is 1. The second-order valence-electron chi connectivity index (χ2n) is 6.52. The number of hydrogen-bond donors (Lipinski definition) is 2. The van der Waals surface area contributed by atoms with Crippen LogP contribution in [0.4, 0.5) is 4.79 Å². The maximum absolute atomic E-state index is 12.4. The number of methoxy groups -OCH3 is 1. The first-order valence-electron chi connectivity index (χ1n) is 9.12. The molecule has 0 unspecified atom stereocenters. The van der Waals surface area contributed by atoms with Gasteiger partial charge in [0.2, 0.25) is 0 Å². The average molecular weight is 487 g/mol. The minimum absolute atomic E-state index is 0.120. The van der Waals surface area contributed by atoms with Gasteiger partial charge in [0.15, 0.2) is 11.5 Å². The third-order valence-corrected chi connectivity index (χ3v) is 5.01. The highest BCUT2D eigenvalue weighted by Crippen LogP contribution is 2.38. The molecule has 2 N–H and O–H groups in total. The number of carboxylic acids is 1. The van der Waals surface area contributed by atoms with E-state index >= 15 is 0 Å². The van der Waals surface area contributed by atoms with Gasteiger partial charge in [-0.25, -0.2) is 9.59 Å². The van der Waals surface area contributed by atoms with Gasteiger partial charge < -0.3 is 19.9 Å². The first-order chi connectivity index (χ1) is 14.8. The van der Waals surface area contributed by atoms with E-state index in [1.165, 1.54) is 25.3 Å². The first-order valence-corrected chi connectivity index (χ1v) is 9.91. The molecule has 1 aliphatic rings. The Morgan fingerprint density at radius 3 is 2.58 bits per heavy atom. The number of rotatable bonds is 8. The van der Waals surface area contributed by atoms with Gasteiger partial charge in [-0.2, -0.15) is 0 Å². The number of amides is 3. The highest BCUT2D eigenvalue weighted by Gasteiger charge is 2.32. The van der Waals surface area contributed by atoms with Crippen LogP contribution in [0.3, 0.4) is 0 Å². The number of ether oxygens (including phenoxy) is 2. The highest BCUT2D eigenvalue weighted by atomic mass is 79.9. The number of carboxylic acid groups (broad SMARTS) is 1. The van der Waals surface area contributed by atoms with E-state index in [1.807, 2.05) is 0 Å². The van der Waals surface area contributed by atoms with E-state index in [1.54, 1.807) is 30.3 Å². The molecule has 1 saturated heterocycles. The summed E-state index contributed by atoms with van der Waals surface area (Å²) in [6.45, 7) is 3.86. The molecule has 2 aromatic carbocycles. The summed E-state index contributed by atoms with van der Waals surface area (Å²) in [5, 5.41) is 11.5. The molecule has 160 valence electrons. The molecule has 0 aromatic heterocycles. The van der Waals surface area contributed by atoms with Gasteiger partial charge >= 0.3 is 12.0 Å². The molecule has 0 spiro atoms. The molecular weight excluding hydrogens is 468 g/mol. The Bertz CT molecular complexity index is 1080. The van der Waals surface area contributed by atoms with E-state index < -0.39 is 17.9 Å². The van der Waals surface area contributed by atoms with Crippen LogP contribution in [0, 0.1) is 0 Å². The lowest BCUT2D eigenvalue weighted by atomic mass is 10.1. The molecule has 9 heteroatoms. The lowest BCUT2D eigenvalue weighted by Crippen LogP contribution is -2.30. The summed E-state index contributed by atoms with van der Waals surface area (Å²) in [7, 11) is 1.49. The lowest BCUT2D eigenvalue weighted by molar-refractivity contribution is -0.122. The standard InChI is InChI=1S/C22H19BrN2O6/c1-3-8-25-20(26)17(24-22(25)29)10-14-9-16(23)19(18(11-14)30-2)31-12-13-4-6-15(7-5-13)21(27)28/h3-7,9-11H,1,8,12H2,2H3,(H,24,29)(H,27,28)/b17-10+. The summed E-state index contributed by atoms with van der Waals surface area (Å²) in [6.07, 6.45) is 3.02. The summed E-state index contributed by atoms with van der Waals surface area (Å²) >= 11 is 3.45. The van der Waals surface area contributed by atoms with Gasteiger partial charge in [0.25, 0.3) is 5.91 Å². The lowest BCUT2D eigenvalue weighted by Gasteiger charge is -2.14. The molecular formula is C22H19BrN2O6. The summed E-state index contributed by atoms with van der Waals surface area (Å²) in [6, 6.07) is 9.26. The van der Waals surface area contributed by atoms with E-state index in [9.17, 15) is 14.4 Å². The van der Waals surface area contributed by atoms with Gasteiger partial charge in [0.05, 0.1) is 17.1 Å². The Labute approximate surface area is 186 Å². The molecule has 2 aromatic rings. The third kappa shape index (κ3) is 4.95. The third-order valence-electron chi connectivity index (χ3n) is 4.42. The quantitative estimate of drug-likeness (QED) is 0.333. The Kier molecular flexibility index (Phi) is 6.76. The zero-order valence-electron chi connectivity index (χ0n) is 16.6. The van der Waals surface area contributed by atoms with Crippen LogP contribution in [0.1, 0.15) is 21.5 Å². The van der Waals surface area contributed by atoms with Gasteiger partial charge in [0.1, 0.15) is 12.3 Å². The maximum atomic E-state index is 12.4. The van der Waals surface area contributed by atoms with E-state index in [0.29, 0.717) is 21.5 Å². The van der Waals surface area contributed by atoms with E-state index in [0.717, 1.165) is 10.5 Å². The molecule has 31 heavy (non-hydrogen) atoms. The van der Waals surface area contributed by atoms with Gasteiger partial charge in [-0.15, -0.1) is 6.58 Å². The fourth-order valence-corrected chi connectivity index (χ4v) is 3.47. The number of nitrogens with zero attached hydrogens (tertiary/aromatic N) is 1. The number of nitrogens with one attached hydrogen (secondary N) is 1. The fraction of sp³-hybridized carbons (Fsp3) is 0.136. The van der Waals surface area contributed by atoms with E-state index in [-0.39, 0.29) is 24.4 Å². The van der Waals surface area contributed by atoms with Crippen LogP contribution in [0.25, 0.3) is 6.08 Å². The fourth-order valence-electron chi connectivity index (χ4n) is 2.90. The highest BCUT2D eigenvalue weighted by molar-refractivity contribution is 9.10. The molecule has 1 aliphatic heterocycles. The normalized spacial score (nSPS) is 14.5. The van der Waals surface area contributed by atoms with Gasteiger partial charge in [0, 0.05) is 6.54 Å². The largest absolute Gasteiger partial charge is 0.493 e. The minimum atomic E-state index is -0.994. The Morgan fingerprint density at radius 2 is 1.97 bits per heavy atom. The van der Waals surface area contributed by atoms with Crippen molar-refractivity contribution in [3.05, 3.63) is 75.9 Å². The molecule has 0 aliphatic carbocycles. The van der Waals surface area contributed by atoms with E-state index in [4.69, 9.17) is 14.6 Å². The summed E-state index contributed by atoms with van der Waals surface area (Å²) in [4.78, 5) is 36.3. The molecule has 1 heterocycles. The predicted octanol–water partition coefficient (Wildman–Crippen LogP) is 3.81. The number of urea groups is 1. The van der Waals surface area contributed by atoms with Crippen molar-refractivity contribution in [1.29, 1.82) is 0 Å². The van der Waals surface area contributed by atoms with Gasteiger partial charge in [-0.1, -0.05) is 18.2 Å². The second kappa shape index (κ2) is 9.48. The Balaban J connectivity index is 1.80. The predicted molar refractivity (Wildman–Crippen MR) is 117 cm³/mol. The van der Waals surface area contributed by atoms with Crippen LogP contribution in [0.15, 0.2) is 59.2 Å². The van der Waals surface area contributed by atoms with Crippen LogP contribution in [0.5, 0.6) is 11.5 Å². The smallest absolute Gasteiger partial charge is 0.335 e. The van der Waals surface area contributed by atoms with Crippen molar-refractivity contribution < 1.29 is 29.0 Å². The molecule has 0 saturated carbocycles. The van der Waals surface area contributed by atoms with Crippen LogP contribution < -0.4 is 14.8 Å². The number of carbonyl (C=O) groups excluding carboxylic acids is 2. The van der Waals surface area contributed by atoms with Crippen LogP contribution >= 0.6 is 15.9 Å². The monoisotopic (exact) mass is 486 g/mol. The molecule has 0 bridgehead atoms. The second-order valence-corrected chi connectivity index (χ2v) is 7.37. The SMILES string of the molecule is C=CCN1C(=O)N/C(=C/c2cc(Br)c(OCc3ccc(C(=O)O)cc3)c(OC)c2)C1=O. The number of aromatic carboxylic acids is 1. The first kappa shape index (κ1) is 22.1. The number of benzene rings is 2. The molecule has 8 nitrogen and oxygen atoms in total. The zero-order chi connectivity index (χ0) is 22.5. The number of carbonyl (C=O) groups is 3. The van der Waals surface area contributed by atoms with E-state index in [2.05, 4.69) is 27.8 Å². The zero-order valence-corrected chi connectivity index (χ0v) is 18.1. The van der Waals surface area contributed by atoms with Crippen molar-refractivity contribution in [2.75, 3.05) is 13.7 Å².